The van der Waals surface area contributed by atoms with Crippen LogP contribution in [0.1, 0.15) is 48.2 Å². The second kappa shape index (κ2) is 8.98. The van der Waals surface area contributed by atoms with Crippen LogP contribution in [0.15, 0.2) is 34.9 Å². The van der Waals surface area contributed by atoms with Crippen molar-refractivity contribution in [2.45, 2.75) is 44.6 Å². The molecule has 2 heterocycles. The van der Waals surface area contributed by atoms with Crippen LogP contribution in [0.4, 0.5) is 4.39 Å². The number of nitriles is 1. The molecule has 1 fully saturated rings. The highest BCUT2D eigenvalue weighted by Crippen LogP contribution is 2.32. The summed E-state index contributed by atoms with van der Waals surface area (Å²) in [6.07, 6.45) is 3.99. The van der Waals surface area contributed by atoms with Gasteiger partial charge in [-0.05, 0) is 50.1 Å². The van der Waals surface area contributed by atoms with E-state index in [9.17, 15) is 19.2 Å². The molecule has 170 valence electrons. The van der Waals surface area contributed by atoms with Gasteiger partial charge in [0.05, 0.1) is 28.4 Å². The Bertz CT molecular complexity index is 1240. The number of esters is 1. The number of rotatable bonds is 5. The third kappa shape index (κ3) is 4.29. The third-order valence-electron chi connectivity index (χ3n) is 6.21. The van der Waals surface area contributed by atoms with Crippen LogP contribution in [-0.2, 0) is 9.53 Å². The fraction of sp³-hybridized carbons (Fsp3) is 0.375. The SMILES string of the molecule is Cc1noc2nc(-c3ccc(F)cc3)cc(C(=O)OCC(=O)N(C)C3(C#N)CCCCC3)c12. The summed E-state index contributed by atoms with van der Waals surface area (Å²) in [6, 6.07) is 9.43. The topological polar surface area (TPSA) is 109 Å². The molecule has 8 nitrogen and oxygen atoms in total. The fourth-order valence-corrected chi connectivity index (χ4v) is 4.22. The number of carbonyl (C=O) groups excluding carboxylic acids is 2. The van der Waals surface area contributed by atoms with Crippen molar-refractivity contribution in [3.05, 3.63) is 47.4 Å². The van der Waals surface area contributed by atoms with Crippen LogP contribution in [0.25, 0.3) is 22.4 Å². The number of benzene rings is 1. The maximum Gasteiger partial charge on any atom is 0.339 e. The molecule has 0 radical (unpaired) electrons. The average molecular weight is 450 g/mol. The number of fused-ring (bicyclic) bond motifs is 1. The fourth-order valence-electron chi connectivity index (χ4n) is 4.22. The van der Waals surface area contributed by atoms with E-state index in [1.165, 1.54) is 35.2 Å². The quantitative estimate of drug-likeness (QED) is 0.536. The average Bonchev–Trinajstić information content (AvgIpc) is 3.22. The largest absolute Gasteiger partial charge is 0.452 e. The van der Waals surface area contributed by atoms with E-state index in [1.54, 1.807) is 14.0 Å². The number of hydrogen-bond acceptors (Lipinski definition) is 7. The molecular formula is C24H23FN4O4. The summed E-state index contributed by atoms with van der Waals surface area (Å²) in [7, 11) is 1.58. The molecule has 4 rings (SSSR count). The molecule has 33 heavy (non-hydrogen) atoms. The van der Waals surface area contributed by atoms with E-state index in [1.807, 2.05) is 0 Å². The summed E-state index contributed by atoms with van der Waals surface area (Å²) >= 11 is 0. The van der Waals surface area contributed by atoms with Crippen LogP contribution in [0.2, 0.25) is 0 Å². The minimum absolute atomic E-state index is 0.135. The first-order valence-corrected chi connectivity index (χ1v) is 10.7. The van der Waals surface area contributed by atoms with Crippen molar-refractivity contribution in [2.75, 3.05) is 13.7 Å². The van der Waals surface area contributed by atoms with Crippen molar-refractivity contribution < 1.29 is 23.2 Å². The van der Waals surface area contributed by atoms with Crippen molar-refractivity contribution in [2.24, 2.45) is 0 Å². The molecule has 0 unspecified atom stereocenters. The molecule has 0 aliphatic heterocycles. The highest BCUT2D eigenvalue weighted by Gasteiger charge is 2.39. The lowest BCUT2D eigenvalue weighted by Crippen LogP contribution is -2.51. The van der Waals surface area contributed by atoms with Crippen LogP contribution >= 0.6 is 0 Å². The maximum atomic E-state index is 13.3. The molecule has 1 aromatic carbocycles. The van der Waals surface area contributed by atoms with E-state index >= 15 is 0 Å². The van der Waals surface area contributed by atoms with E-state index in [0.29, 0.717) is 35.2 Å². The molecule has 9 heteroatoms. The Morgan fingerprint density at radius 1 is 1.24 bits per heavy atom. The third-order valence-corrected chi connectivity index (χ3v) is 6.21. The van der Waals surface area contributed by atoms with E-state index in [0.717, 1.165) is 19.3 Å². The van der Waals surface area contributed by atoms with E-state index in [2.05, 4.69) is 16.2 Å². The van der Waals surface area contributed by atoms with Gasteiger partial charge in [-0.1, -0.05) is 24.4 Å². The Morgan fingerprint density at radius 2 is 1.94 bits per heavy atom. The lowest BCUT2D eigenvalue weighted by molar-refractivity contribution is -0.138. The Labute approximate surface area is 189 Å². The first kappa shape index (κ1) is 22.4. The molecule has 0 spiro atoms. The zero-order valence-electron chi connectivity index (χ0n) is 18.4. The Hall–Kier alpha value is -3.80. The van der Waals surface area contributed by atoms with Gasteiger partial charge in [0.25, 0.3) is 11.6 Å². The molecule has 2 aromatic heterocycles. The first-order chi connectivity index (χ1) is 15.8. The van der Waals surface area contributed by atoms with Gasteiger partial charge in [0.2, 0.25) is 0 Å². The summed E-state index contributed by atoms with van der Waals surface area (Å²) in [5.41, 5.74) is 0.804. The number of amides is 1. The van der Waals surface area contributed by atoms with Gasteiger partial charge in [0.15, 0.2) is 6.61 Å². The van der Waals surface area contributed by atoms with Gasteiger partial charge in [-0.2, -0.15) is 5.26 Å². The monoisotopic (exact) mass is 450 g/mol. The summed E-state index contributed by atoms with van der Waals surface area (Å²) in [6.45, 7) is 1.17. The van der Waals surface area contributed by atoms with Gasteiger partial charge in [-0.15, -0.1) is 0 Å². The summed E-state index contributed by atoms with van der Waals surface area (Å²) in [4.78, 5) is 31.5. The smallest absolute Gasteiger partial charge is 0.339 e. The van der Waals surface area contributed by atoms with Gasteiger partial charge >= 0.3 is 5.97 Å². The molecule has 1 aliphatic carbocycles. The molecule has 0 atom stereocenters. The molecule has 1 aliphatic rings. The number of nitrogens with zero attached hydrogens (tertiary/aromatic N) is 4. The second-order valence-corrected chi connectivity index (χ2v) is 8.24. The number of aryl methyl sites for hydroxylation is 1. The highest BCUT2D eigenvalue weighted by molar-refractivity contribution is 6.04. The highest BCUT2D eigenvalue weighted by atomic mass is 19.1. The van der Waals surface area contributed by atoms with E-state index in [-0.39, 0.29) is 11.3 Å². The van der Waals surface area contributed by atoms with Crippen LogP contribution in [0.5, 0.6) is 0 Å². The molecule has 1 saturated carbocycles. The second-order valence-electron chi connectivity index (χ2n) is 8.24. The summed E-state index contributed by atoms with van der Waals surface area (Å²) in [5, 5.41) is 14.0. The number of aromatic nitrogens is 2. The van der Waals surface area contributed by atoms with Gasteiger partial charge in [-0.3, -0.25) is 4.79 Å². The molecule has 0 saturated heterocycles. The number of hydrogen-bond donors (Lipinski definition) is 0. The Morgan fingerprint density at radius 3 is 2.61 bits per heavy atom. The number of ether oxygens (including phenoxy) is 1. The van der Waals surface area contributed by atoms with Crippen LogP contribution in [0.3, 0.4) is 0 Å². The van der Waals surface area contributed by atoms with Gasteiger partial charge in [0, 0.05) is 12.6 Å². The van der Waals surface area contributed by atoms with E-state index in [4.69, 9.17) is 9.26 Å². The van der Waals surface area contributed by atoms with E-state index < -0.39 is 29.8 Å². The van der Waals surface area contributed by atoms with Crippen molar-refractivity contribution in [1.29, 1.82) is 5.26 Å². The van der Waals surface area contributed by atoms with Crippen molar-refractivity contribution in [3.63, 3.8) is 0 Å². The standard InChI is InChI=1S/C24H23FN4O4/c1-15-21-18(12-19(27-22(21)33-28-15)16-6-8-17(25)9-7-16)23(31)32-13-20(30)29(2)24(14-26)10-4-3-5-11-24/h6-9,12H,3-5,10-11,13H2,1-2H3. The number of carbonyl (C=O) groups is 2. The van der Waals surface area contributed by atoms with Gasteiger partial charge < -0.3 is 14.2 Å². The molecule has 0 N–H and O–H groups in total. The van der Waals surface area contributed by atoms with Crippen molar-refractivity contribution in [1.82, 2.24) is 15.0 Å². The minimum Gasteiger partial charge on any atom is -0.452 e. The van der Waals surface area contributed by atoms with Crippen LogP contribution in [0, 0.1) is 24.1 Å². The number of halogens is 1. The minimum atomic E-state index is -0.869. The Balaban J connectivity index is 1.57. The summed E-state index contributed by atoms with van der Waals surface area (Å²) in [5.74, 6) is -1.59. The predicted molar refractivity (Wildman–Crippen MR) is 116 cm³/mol. The predicted octanol–water partition coefficient (Wildman–Crippen LogP) is 4.18. The lowest BCUT2D eigenvalue weighted by Gasteiger charge is -2.38. The Kier molecular flexibility index (Phi) is 6.09. The molecule has 1 amide bonds. The zero-order chi connectivity index (χ0) is 23.6. The number of pyridine rings is 1. The van der Waals surface area contributed by atoms with Crippen molar-refractivity contribution in [3.8, 4) is 17.3 Å². The molecular weight excluding hydrogens is 427 g/mol. The number of likely N-dealkylation sites (N-methyl/N-ethyl adjacent to an activating group) is 1. The van der Waals surface area contributed by atoms with Gasteiger partial charge in [0.1, 0.15) is 11.4 Å². The molecule has 0 bridgehead atoms. The van der Waals surface area contributed by atoms with Crippen LogP contribution in [-0.4, -0.2) is 46.1 Å². The molecule has 3 aromatic rings. The van der Waals surface area contributed by atoms with Crippen LogP contribution < -0.4 is 0 Å². The first-order valence-electron chi connectivity index (χ1n) is 10.7. The lowest BCUT2D eigenvalue weighted by atomic mass is 9.81. The maximum absolute atomic E-state index is 13.3. The zero-order valence-corrected chi connectivity index (χ0v) is 18.4. The van der Waals surface area contributed by atoms with Crippen molar-refractivity contribution >= 4 is 23.0 Å². The summed E-state index contributed by atoms with van der Waals surface area (Å²) < 4.78 is 23.9. The van der Waals surface area contributed by atoms with Gasteiger partial charge in [-0.25, -0.2) is 14.2 Å². The normalized spacial score (nSPS) is 15.1.